The van der Waals surface area contributed by atoms with Crippen molar-refractivity contribution in [3.63, 3.8) is 0 Å². The van der Waals surface area contributed by atoms with Gasteiger partial charge in [-0.15, -0.1) is 0 Å². The fraction of sp³-hybridized carbons (Fsp3) is 0.674. The number of carbonyl (C=O) groups excluding carboxylic acids is 9. The van der Waals surface area contributed by atoms with Gasteiger partial charge in [0.05, 0.1) is 31.6 Å². The van der Waals surface area contributed by atoms with E-state index < -0.39 is 139 Å². The molecule has 10 atom stereocenters. The number of aliphatic carboxylic acids is 1. The maximum Gasteiger partial charge on any atom is 0.322 e. The average Bonchev–Trinajstić information content (AvgIpc) is 4.11. The first-order chi connectivity index (χ1) is 36.9. The van der Waals surface area contributed by atoms with Crippen LogP contribution in [0, 0.1) is 5.92 Å². The number of hydrogen-bond acceptors (Lipinski definition) is 17. The molecule has 2 heterocycles. The molecule has 1 aliphatic heterocycles. The molecule has 9 amide bonds. The molecule has 1 saturated heterocycles. The zero-order chi connectivity index (χ0) is 58.5. The van der Waals surface area contributed by atoms with Crippen molar-refractivity contribution in [3.05, 3.63) is 18.2 Å². The number of aliphatic hydroxyl groups excluding tert-OH is 2. The summed E-state index contributed by atoms with van der Waals surface area (Å²) in [4.78, 5) is 149. The van der Waals surface area contributed by atoms with Crippen molar-refractivity contribution in [3.8, 4) is 0 Å². The number of guanidine groups is 2. The molecule has 24 N–H and O–H groups in total. The van der Waals surface area contributed by atoms with Crippen LogP contribution in [0.5, 0.6) is 0 Å². The summed E-state index contributed by atoms with van der Waals surface area (Å²) in [6, 6.07) is -10.7. The van der Waals surface area contributed by atoms with E-state index in [-0.39, 0.29) is 70.1 Å². The van der Waals surface area contributed by atoms with Gasteiger partial charge >= 0.3 is 5.97 Å². The lowest BCUT2D eigenvalue weighted by Crippen LogP contribution is -2.60. The van der Waals surface area contributed by atoms with E-state index in [9.17, 15) is 58.2 Å². The third kappa shape index (κ3) is 23.7. The molecule has 78 heavy (non-hydrogen) atoms. The summed E-state index contributed by atoms with van der Waals surface area (Å²) in [6.45, 7) is 2.69. The highest BCUT2D eigenvalue weighted by atomic mass is 16.4. The maximum absolute atomic E-state index is 14.2. The smallest absolute Gasteiger partial charge is 0.322 e. The van der Waals surface area contributed by atoms with Gasteiger partial charge in [-0.1, -0.05) is 26.7 Å². The molecule has 438 valence electrons. The first-order valence-corrected chi connectivity index (χ1v) is 25.7. The maximum atomic E-state index is 14.2. The number of amides is 9. The first kappa shape index (κ1) is 66.4. The second-order valence-electron chi connectivity index (χ2n) is 18.7. The number of aliphatic imine (C=N–C) groups is 2. The van der Waals surface area contributed by atoms with E-state index in [2.05, 4.69) is 62.5 Å². The molecule has 0 aliphatic carbocycles. The van der Waals surface area contributed by atoms with Crippen LogP contribution in [0.1, 0.15) is 90.7 Å². The number of nitrogens with zero attached hydrogens (tertiary/aromatic N) is 4. The van der Waals surface area contributed by atoms with Gasteiger partial charge in [0.2, 0.25) is 53.2 Å². The van der Waals surface area contributed by atoms with Crippen LogP contribution in [-0.4, -0.2) is 202 Å². The lowest BCUT2D eigenvalue weighted by Gasteiger charge is -2.30. The Hall–Kier alpha value is -7.71. The second kappa shape index (κ2) is 34.9. The molecule has 1 aromatic rings. The molecule has 0 bridgehead atoms. The van der Waals surface area contributed by atoms with Crippen LogP contribution in [0.3, 0.4) is 0 Å². The van der Waals surface area contributed by atoms with E-state index in [1.54, 1.807) is 13.8 Å². The minimum Gasteiger partial charge on any atom is -0.480 e. The topological polar surface area (TPSA) is 540 Å². The zero-order valence-corrected chi connectivity index (χ0v) is 44.3. The third-order valence-corrected chi connectivity index (χ3v) is 12.4. The highest BCUT2D eigenvalue weighted by Gasteiger charge is 2.40. The van der Waals surface area contributed by atoms with Crippen LogP contribution in [0.4, 0.5) is 0 Å². The minimum atomic E-state index is -1.64. The highest BCUT2D eigenvalue weighted by molar-refractivity contribution is 5.98. The molecule has 0 aromatic carbocycles. The second-order valence-corrected chi connectivity index (χ2v) is 18.7. The number of unbranched alkanes of at least 4 members (excludes halogenated alkanes) is 1. The molecule has 0 saturated carbocycles. The Morgan fingerprint density at radius 2 is 1.33 bits per heavy atom. The first-order valence-electron chi connectivity index (χ1n) is 25.7. The van der Waals surface area contributed by atoms with Gasteiger partial charge < -0.3 is 102 Å². The van der Waals surface area contributed by atoms with E-state index in [1.807, 2.05) is 0 Å². The minimum absolute atomic E-state index is 0.00171. The summed E-state index contributed by atoms with van der Waals surface area (Å²) in [5.41, 5.74) is 33.8. The molecule has 2 rings (SSSR count). The number of aromatic amines is 1. The van der Waals surface area contributed by atoms with Gasteiger partial charge in [-0.3, -0.25) is 57.9 Å². The Morgan fingerprint density at radius 1 is 0.731 bits per heavy atom. The normalized spacial score (nSPS) is 16.4. The van der Waals surface area contributed by atoms with E-state index in [4.69, 9.17) is 39.5 Å². The number of aliphatic hydroxyl groups is 2. The molecule has 1 aromatic heterocycles. The average molecular weight is 1110 g/mol. The number of carboxylic acids is 1. The van der Waals surface area contributed by atoms with Gasteiger partial charge in [-0.25, -0.2) is 4.98 Å². The number of aromatic nitrogens is 2. The number of hydrogen-bond donors (Lipinski definition) is 18. The Kier molecular flexibility index (Phi) is 29.7. The summed E-state index contributed by atoms with van der Waals surface area (Å²) in [5.74, 6) is -10.0. The van der Waals surface area contributed by atoms with Gasteiger partial charge in [0.1, 0.15) is 48.8 Å². The van der Waals surface area contributed by atoms with Gasteiger partial charge in [-0.05, 0) is 70.8 Å². The van der Waals surface area contributed by atoms with Crippen molar-refractivity contribution in [2.75, 3.05) is 45.9 Å². The molecule has 1 fully saturated rings. The Morgan fingerprint density at radius 3 is 1.90 bits per heavy atom. The molecular weight excluding hydrogens is 1030 g/mol. The zero-order valence-electron chi connectivity index (χ0n) is 44.3. The number of imidazole rings is 1. The van der Waals surface area contributed by atoms with Crippen molar-refractivity contribution in [1.29, 1.82) is 0 Å². The molecule has 1 aliphatic rings. The van der Waals surface area contributed by atoms with Crippen LogP contribution in [0.15, 0.2) is 22.5 Å². The molecule has 32 heteroatoms. The number of carboxylic acid groups (broad SMARTS) is 1. The van der Waals surface area contributed by atoms with Gasteiger partial charge in [0.25, 0.3) is 0 Å². The predicted molar refractivity (Wildman–Crippen MR) is 281 cm³/mol. The fourth-order valence-corrected chi connectivity index (χ4v) is 7.93. The van der Waals surface area contributed by atoms with Gasteiger partial charge in [0, 0.05) is 37.9 Å². The van der Waals surface area contributed by atoms with Gasteiger partial charge in [0.15, 0.2) is 11.9 Å². The fourth-order valence-electron chi connectivity index (χ4n) is 7.93. The monoisotopic (exact) mass is 1110 g/mol. The molecule has 0 radical (unpaired) electrons. The molecule has 32 nitrogen and oxygen atoms in total. The number of carbonyl (C=O) groups is 10. The van der Waals surface area contributed by atoms with Gasteiger partial charge in [-0.2, -0.15) is 0 Å². The Balaban J connectivity index is 2.34. The van der Waals surface area contributed by atoms with Crippen LogP contribution in [-0.2, 0) is 54.4 Å². The van der Waals surface area contributed by atoms with Crippen molar-refractivity contribution >= 4 is 71.1 Å². The van der Waals surface area contributed by atoms with Crippen LogP contribution < -0.4 is 76.9 Å². The number of rotatable bonds is 36. The third-order valence-electron chi connectivity index (χ3n) is 12.4. The van der Waals surface area contributed by atoms with E-state index >= 15 is 0 Å². The van der Waals surface area contributed by atoms with E-state index in [0.717, 1.165) is 0 Å². The largest absolute Gasteiger partial charge is 0.480 e. The molecule has 0 unspecified atom stereocenters. The molecule has 0 spiro atoms. The Labute approximate surface area is 451 Å². The van der Waals surface area contributed by atoms with Crippen molar-refractivity contribution < 1.29 is 63.3 Å². The standard InChI is InChI=1S/C46H81N19O13/c1-4-24(2)35(63-37(71)27(48)10-5-6-14-47)43(77)62-31(22-66)40(74)60-28(11-7-15-54-45(49)50)39(73)61-30(18-26-19-53-23-58-26)38(72)56-20-33(68)59-29(12-8-16-55-46(51)52)44(78)65-17-9-13-32(65)41(75)64-36(25(3)67)42(76)57-21-34(69)70/h19,23-25,27-32,35-36,66-67H,4-18,20-22,47-48H2,1-3H3,(H,53,58)(H,56,72)(H,57,76)(H,59,68)(H,60,74)(H,61,73)(H,62,77)(H,63,71)(H,64,75)(H,69,70)(H4,49,50,54)(H4,51,52,55)/t24-,25+,27-,28-,29-,30-,31-,32-,35-,36-/m0/s1. The highest BCUT2D eigenvalue weighted by Crippen LogP contribution is 2.20. The van der Waals surface area contributed by atoms with Crippen molar-refractivity contribution in [2.45, 2.75) is 146 Å². The van der Waals surface area contributed by atoms with Crippen LogP contribution >= 0.6 is 0 Å². The predicted octanol–water partition coefficient (Wildman–Crippen LogP) is -7.85. The molecular formula is C46H81N19O13. The lowest BCUT2D eigenvalue weighted by molar-refractivity contribution is -0.143. The van der Waals surface area contributed by atoms with Crippen molar-refractivity contribution in [2.24, 2.45) is 50.3 Å². The van der Waals surface area contributed by atoms with Crippen LogP contribution in [0.2, 0.25) is 0 Å². The Bertz CT molecular complexity index is 2210. The summed E-state index contributed by atoms with van der Waals surface area (Å²) in [7, 11) is 0. The van der Waals surface area contributed by atoms with E-state index in [0.29, 0.717) is 44.3 Å². The van der Waals surface area contributed by atoms with E-state index in [1.165, 1.54) is 24.3 Å². The summed E-state index contributed by atoms with van der Waals surface area (Å²) < 4.78 is 0. The summed E-state index contributed by atoms with van der Waals surface area (Å²) in [6.07, 6.45) is 3.43. The number of likely N-dealkylation sites (tertiary alicyclic amines) is 1. The van der Waals surface area contributed by atoms with Crippen LogP contribution in [0.25, 0.3) is 0 Å². The SMILES string of the molecule is CC[C@H](C)[C@H](NC(=O)[C@@H](N)CCCCN)C(=O)N[C@@H](CO)C(=O)N[C@@H](CCCN=C(N)N)C(=O)N[C@@H](Cc1cnc[nH]1)C(=O)NCC(=O)N[C@@H](CCCN=C(N)N)C(=O)N1CCC[C@H]1C(=O)N[C@H](C(=O)NCC(=O)O)[C@@H](C)O. The lowest BCUT2D eigenvalue weighted by atomic mass is 9.97. The quantitative estimate of drug-likeness (QED) is 0.0169. The summed E-state index contributed by atoms with van der Waals surface area (Å²) >= 11 is 0. The summed E-state index contributed by atoms with van der Waals surface area (Å²) in [5, 5.41) is 49.1. The number of nitrogens with one attached hydrogen (secondary N) is 9. The van der Waals surface area contributed by atoms with Crippen molar-refractivity contribution in [1.82, 2.24) is 57.4 Å². The number of nitrogens with two attached hydrogens (primary N) is 6. The number of H-pyrrole nitrogens is 1.